The molecule has 0 aromatic heterocycles. The Labute approximate surface area is 152 Å². The van der Waals surface area contributed by atoms with E-state index in [2.05, 4.69) is 52.8 Å². The summed E-state index contributed by atoms with van der Waals surface area (Å²) in [6.07, 6.45) is 5.26. The number of hydrogen-bond donors (Lipinski definition) is 2. The predicted octanol–water partition coefficient (Wildman–Crippen LogP) is 2.79. The van der Waals surface area contributed by atoms with Crippen LogP contribution in [0, 0.1) is 11.8 Å². The summed E-state index contributed by atoms with van der Waals surface area (Å²) in [5.74, 6) is 1.50. The molecule has 0 saturated carbocycles. The summed E-state index contributed by atoms with van der Waals surface area (Å²) in [5, 5.41) is 6.70. The molecular formula is C21H33N3O. The second-order valence-electron chi connectivity index (χ2n) is 7.89. The van der Waals surface area contributed by atoms with Crippen molar-refractivity contribution in [3.63, 3.8) is 0 Å². The lowest BCUT2D eigenvalue weighted by Gasteiger charge is -2.37. The molecule has 4 heteroatoms. The highest BCUT2D eigenvalue weighted by atomic mass is 16.1. The fraction of sp³-hybridized carbons (Fsp3) is 0.667. The number of benzene rings is 1. The van der Waals surface area contributed by atoms with Crippen LogP contribution < -0.4 is 10.6 Å². The van der Waals surface area contributed by atoms with E-state index in [9.17, 15) is 4.79 Å². The third-order valence-corrected chi connectivity index (χ3v) is 5.82. The fourth-order valence-electron chi connectivity index (χ4n) is 4.22. The summed E-state index contributed by atoms with van der Waals surface area (Å²) >= 11 is 0. The lowest BCUT2D eigenvalue weighted by molar-refractivity contribution is -0.122. The average Bonchev–Trinajstić information content (AvgIpc) is 2.64. The molecule has 1 amide bonds. The Kier molecular flexibility index (Phi) is 6.88. The molecule has 3 rings (SSSR count). The molecule has 138 valence electrons. The summed E-state index contributed by atoms with van der Waals surface area (Å²) in [5.41, 5.74) is 1.37. The minimum atomic E-state index is 0.256. The molecule has 1 aromatic carbocycles. The molecule has 1 aromatic rings. The zero-order valence-corrected chi connectivity index (χ0v) is 15.5. The first-order chi connectivity index (χ1) is 12.2. The number of likely N-dealkylation sites (tertiary alicyclic amines) is 1. The van der Waals surface area contributed by atoms with Gasteiger partial charge in [0, 0.05) is 32.1 Å². The van der Waals surface area contributed by atoms with Gasteiger partial charge in [-0.1, -0.05) is 37.3 Å². The third-order valence-electron chi connectivity index (χ3n) is 5.82. The van der Waals surface area contributed by atoms with E-state index in [0.29, 0.717) is 18.4 Å². The van der Waals surface area contributed by atoms with Crippen LogP contribution in [0.2, 0.25) is 0 Å². The van der Waals surface area contributed by atoms with Gasteiger partial charge in [-0.25, -0.2) is 0 Å². The van der Waals surface area contributed by atoms with E-state index in [0.717, 1.165) is 51.5 Å². The highest BCUT2D eigenvalue weighted by molar-refractivity contribution is 5.76. The molecule has 2 saturated heterocycles. The Morgan fingerprint density at radius 1 is 1.20 bits per heavy atom. The van der Waals surface area contributed by atoms with Crippen LogP contribution in [-0.2, 0) is 11.3 Å². The van der Waals surface area contributed by atoms with Crippen molar-refractivity contribution in [2.24, 2.45) is 11.8 Å². The largest absolute Gasteiger partial charge is 0.353 e. The normalized spacial score (nSPS) is 25.6. The van der Waals surface area contributed by atoms with Crippen molar-refractivity contribution >= 4 is 5.91 Å². The highest BCUT2D eigenvalue weighted by Crippen LogP contribution is 2.20. The lowest BCUT2D eigenvalue weighted by atomic mass is 9.91. The molecule has 2 N–H and O–H groups in total. The molecule has 0 radical (unpaired) electrons. The van der Waals surface area contributed by atoms with Gasteiger partial charge in [0.05, 0.1) is 0 Å². The van der Waals surface area contributed by atoms with E-state index in [1.54, 1.807) is 0 Å². The number of rotatable bonds is 6. The monoisotopic (exact) mass is 343 g/mol. The summed E-state index contributed by atoms with van der Waals surface area (Å²) in [7, 11) is 0. The minimum absolute atomic E-state index is 0.256. The maximum absolute atomic E-state index is 12.3. The SMILES string of the molecule is CC1CN(Cc2ccccc2)CCC1NC(=O)CCC1CCNCC1. The van der Waals surface area contributed by atoms with Gasteiger partial charge < -0.3 is 10.6 Å². The van der Waals surface area contributed by atoms with Gasteiger partial charge in [0.2, 0.25) is 5.91 Å². The number of nitrogens with zero attached hydrogens (tertiary/aromatic N) is 1. The maximum Gasteiger partial charge on any atom is 0.220 e. The number of piperidine rings is 2. The van der Waals surface area contributed by atoms with Crippen LogP contribution in [0.25, 0.3) is 0 Å². The van der Waals surface area contributed by atoms with Crippen molar-refractivity contribution in [3.05, 3.63) is 35.9 Å². The quantitative estimate of drug-likeness (QED) is 0.835. The first-order valence-corrected chi connectivity index (χ1v) is 9.97. The molecule has 0 bridgehead atoms. The average molecular weight is 344 g/mol. The topological polar surface area (TPSA) is 44.4 Å². The van der Waals surface area contributed by atoms with Crippen molar-refractivity contribution < 1.29 is 4.79 Å². The first-order valence-electron chi connectivity index (χ1n) is 9.97. The van der Waals surface area contributed by atoms with Crippen molar-refractivity contribution in [2.75, 3.05) is 26.2 Å². The van der Waals surface area contributed by atoms with E-state index < -0.39 is 0 Å². The number of hydrogen-bond acceptors (Lipinski definition) is 3. The van der Waals surface area contributed by atoms with Crippen LogP contribution in [0.1, 0.15) is 44.6 Å². The van der Waals surface area contributed by atoms with E-state index in [1.165, 1.54) is 18.4 Å². The van der Waals surface area contributed by atoms with Gasteiger partial charge in [-0.15, -0.1) is 0 Å². The highest BCUT2D eigenvalue weighted by Gasteiger charge is 2.27. The Morgan fingerprint density at radius 3 is 2.68 bits per heavy atom. The number of nitrogens with one attached hydrogen (secondary N) is 2. The van der Waals surface area contributed by atoms with Gasteiger partial charge in [0.1, 0.15) is 0 Å². The van der Waals surface area contributed by atoms with Gasteiger partial charge in [-0.2, -0.15) is 0 Å². The Balaban J connectivity index is 1.38. The number of carbonyl (C=O) groups is 1. The molecular weight excluding hydrogens is 310 g/mol. The van der Waals surface area contributed by atoms with Gasteiger partial charge >= 0.3 is 0 Å². The van der Waals surface area contributed by atoms with Gasteiger partial charge in [0.25, 0.3) is 0 Å². The molecule has 4 nitrogen and oxygen atoms in total. The number of carbonyl (C=O) groups excluding carboxylic acids is 1. The molecule has 2 atom stereocenters. The summed E-state index contributed by atoms with van der Waals surface area (Å²) in [4.78, 5) is 14.8. The Morgan fingerprint density at radius 2 is 1.96 bits per heavy atom. The molecule has 2 heterocycles. The van der Waals surface area contributed by atoms with Crippen LogP contribution in [0.5, 0.6) is 0 Å². The van der Waals surface area contributed by atoms with Crippen molar-refractivity contribution in [3.8, 4) is 0 Å². The van der Waals surface area contributed by atoms with Gasteiger partial charge in [-0.05, 0) is 56.2 Å². The zero-order chi connectivity index (χ0) is 17.5. The first kappa shape index (κ1) is 18.4. The lowest BCUT2D eigenvalue weighted by Crippen LogP contribution is -2.49. The second kappa shape index (κ2) is 9.35. The van der Waals surface area contributed by atoms with Crippen LogP contribution in [0.3, 0.4) is 0 Å². The van der Waals surface area contributed by atoms with E-state index in [-0.39, 0.29) is 5.91 Å². The summed E-state index contributed by atoms with van der Waals surface area (Å²) < 4.78 is 0. The zero-order valence-electron chi connectivity index (χ0n) is 15.5. The van der Waals surface area contributed by atoms with E-state index in [1.807, 2.05) is 0 Å². The molecule has 2 aliphatic heterocycles. The smallest absolute Gasteiger partial charge is 0.220 e. The Hall–Kier alpha value is -1.39. The van der Waals surface area contributed by atoms with E-state index >= 15 is 0 Å². The molecule has 0 aliphatic carbocycles. The fourth-order valence-corrected chi connectivity index (χ4v) is 4.22. The van der Waals surface area contributed by atoms with Crippen LogP contribution in [0.4, 0.5) is 0 Å². The molecule has 2 aliphatic rings. The molecule has 2 unspecified atom stereocenters. The molecule has 0 spiro atoms. The van der Waals surface area contributed by atoms with Crippen molar-refractivity contribution in [2.45, 2.75) is 51.6 Å². The van der Waals surface area contributed by atoms with Gasteiger partial charge in [-0.3, -0.25) is 9.69 Å². The van der Waals surface area contributed by atoms with Crippen molar-refractivity contribution in [1.29, 1.82) is 0 Å². The van der Waals surface area contributed by atoms with Crippen molar-refractivity contribution in [1.82, 2.24) is 15.5 Å². The summed E-state index contributed by atoms with van der Waals surface area (Å²) in [6.45, 7) is 7.65. The second-order valence-corrected chi connectivity index (χ2v) is 7.89. The van der Waals surface area contributed by atoms with Crippen LogP contribution in [-0.4, -0.2) is 43.0 Å². The third kappa shape index (κ3) is 5.82. The molecule has 2 fully saturated rings. The van der Waals surface area contributed by atoms with Crippen LogP contribution >= 0.6 is 0 Å². The van der Waals surface area contributed by atoms with E-state index in [4.69, 9.17) is 0 Å². The predicted molar refractivity (Wildman–Crippen MR) is 102 cm³/mol. The Bertz CT molecular complexity index is 527. The summed E-state index contributed by atoms with van der Waals surface area (Å²) in [6, 6.07) is 11.0. The minimum Gasteiger partial charge on any atom is -0.353 e. The standard InChI is InChI=1S/C21H33N3O/c1-17-15-24(16-19-5-3-2-4-6-19)14-11-20(17)23-21(25)8-7-18-9-12-22-13-10-18/h2-6,17-18,20,22H,7-16H2,1H3,(H,23,25). The maximum atomic E-state index is 12.3. The van der Waals surface area contributed by atoms with Crippen LogP contribution in [0.15, 0.2) is 30.3 Å². The number of amides is 1. The molecule has 25 heavy (non-hydrogen) atoms. The van der Waals surface area contributed by atoms with Gasteiger partial charge in [0.15, 0.2) is 0 Å².